The largest absolute Gasteiger partial charge is 0.488 e. The lowest BCUT2D eigenvalue weighted by Crippen LogP contribution is -2.27. The summed E-state index contributed by atoms with van der Waals surface area (Å²) in [5, 5.41) is 0. The molecule has 1 aliphatic heterocycles. The van der Waals surface area contributed by atoms with Crippen molar-refractivity contribution in [2.45, 2.75) is 18.9 Å². The van der Waals surface area contributed by atoms with Crippen molar-refractivity contribution in [2.75, 3.05) is 13.2 Å². The Morgan fingerprint density at radius 1 is 1.38 bits per heavy atom. The Labute approximate surface area is 153 Å². The fourth-order valence-electron chi connectivity index (χ4n) is 2.74. The zero-order valence-corrected chi connectivity index (χ0v) is 15.0. The first kappa shape index (κ1) is 20.5. The molecule has 0 saturated heterocycles. The molecular weight excluding hydrogens is 392 g/mol. The van der Waals surface area contributed by atoms with Gasteiger partial charge in [0.2, 0.25) is 0 Å². The molecule has 1 aromatic heterocycles. The molecule has 2 heterocycles. The van der Waals surface area contributed by atoms with Crippen molar-refractivity contribution in [1.29, 1.82) is 0 Å². The Hall–Kier alpha value is -1.86. The predicted molar refractivity (Wildman–Crippen MR) is 91.1 cm³/mol. The lowest BCUT2D eigenvalue weighted by Gasteiger charge is -2.27. The molecule has 12 heteroatoms. The van der Waals surface area contributed by atoms with E-state index in [1.807, 2.05) is 10.8 Å². The number of aromatic nitrogens is 2. The molecule has 0 amide bonds. The minimum atomic E-state index is -4.67. The van der Waals surface area contributed by atoms with Crippen LogP contribution in [0.5, 0.6) is 5.75 Å². The quantitative estimate of drug-likeness (QED) is 0.449. The van der Waals surface area contributed by atoms with E-state index in [4.69, 9.17) is 40.2 Å². The van der Waals surface area contributed by atoms with Crippen LogP contribution >= 0.6 is 12.2 Å². The van der Waals surface area contributed by atoms with Gasteiger partial charge in [-0.2, -0.15) is 8.42 Å². The number of hydrogen-bond acceptors (Lipinski definition) is 5. The SMILES string of the molecule is NCCc1c[nH]c(=S)n1C1COc2c(F)cc(F)cc2C1.O=S(=O)(O)O. The predicted octanol–water partition coefficient (Wildman–Crippen LogP) is 1.85. The van der Waals surface area contributed by atoms with Crippen molar-refractivity contribution in [3.05, 3.63) is 46.0 Å². The van der Waals surface area contributed by atoms with Gasteiger partial charge in [0.15, 0.2) is 16.3 Å². The van der Waals surface area contributed by atoms with Gasteiger partial charge in [-0.1, -0.05) is 0 Å². The number of ether oxygens (including phenoxy) is 1. The molecule has 26 heavy (non-hydrogen) atoms. The zero-order valence-electron chi connectivity index (χ0n) is 13.4. The Kier molecular flexibility index (Phi) is 6.47. The third kappa shape index (κ3) is 5.32. The smallest absolute Gasteiger partial charge is 0.394 e. The average Bonchev–Trinajstić information content (AvgIpc) is 2.86. The van der Waals surface area contributed by atoms with E-state index in [1.54, 1.807) is 0 Å². The van der Waals surface area contributed by atoms with Crippen molar-refractivity contribution in [3.63, 3.8) is 0 Å². The summed E-state index contributed by atoms with van der Waals surface area (Å²) in [6.07, 6.45) is 2.96. The first-order valence-corrected chi connectivity index (χ1v) is 9.20. The van der Waals surface area contributed by atoms with Crippen LogP contribution in [0.15, 0.2) is 18.3 Å². The molecule has 1 aliphatic rings. The van der Waals surface area contributed by atoms with Crippen molar-refractivity contribution in [3.8, 4) is 5.75 Å². The normalized spacial score (nSPS) is 16.3. The zero-order chi connectivity index (χ0) is 19.5. The van der Waals surface area contributed by atoms with Crippen LogP contribution in [0.3, 0.4) is 0 Å². The number of aromatic amines is 1. The molecule has 1 atom stereocenters. The summed E-state index contributed by atoms with van der Waals surface area (Å²) in [7, 11) is -4.67. The number of benzene rings is 1. The summed E-state index contributed by atoms with van der Waals surface area (Å²) in [6.45, 7) is 0.791. The molecule has 0 saturated carbocycles. The van der Waals surface area contributed by atoms with E-state index in [1.165, 1.54) is 6.07 Å². The highest BCUT2D eigenvalue weighted by molar-refractivity contribution is 7.79. The summed E-state index contributed by atoms with van der Waals surface area (Å²) in [6, 6.07) is 2.05. The fraction of sp³-hybridized carbons (Fsp3) is 0.357. The van der Waals surface area contributed by atoms with E-state index in [0.717, 1.165) is 11.8 Å². The lowest BCUT2D eigenvalue weighted by molar-refractivity contribution is 0.210. The van der Waals surface area contributed by atoms with Crippen LogP contribution in [0.4, 0.5) is 8.78 Å². The van der Waals surface area contributed by atoms with Crippen LogP contribution in [-0.2, 0) is 23.2 Å². The molecule has 0 radical (unpaired) electrons. The Balaban J connectivity index is 0.000000431. The van der Waals surface area contributed by atoms with Crippen LogP contribution < -0.4 is 10.5 Å². The van der Waals surface area contributed by atoms with Gasteiger partial charge < -0.3 is 20.0 Å². The molecule has 8 nitrogen and oxygen atoms in total. The first-order chi connectivity index (χ1) is 12.1. The molecule has 3 rings (SSSR count). The number of fused-ring (bicyclic) bond motifs is 1. The summed E-state index contributed by atoms with van der Waals surface area (Å²) in [5.41, 5.74) is 7.08. The van der Waals surface area contributed by atoms with Gasteiger partial charge in [0.25, 0.3) is 0 Å². The van der Waals surface area contributed by atoms with Gasteiger partial charge in [0, 0.05) is 36.4 Å². The highest BCUT2D eigenvalue weighted by Crippen LogP contribution is 2.33. The second-order valence-corrected chi connectivity index (χ2v) is 6.77. The second-order valence-electron chi connectivity index (χ2n) is 5.49. The van der Waals surface area contributed by atoms with Gasteiger partial charge in [-0.25, -0.2) is 8.78 Å². The van der Waals surface area contributed by atoms with Crippen molar-refractivity contribution >= 4 is 22.6 Å². The molecule has 1 unspecified atom stereocenters. The van der Waals surface area contributed by atoms with Gasteiger partial charge in [-0.3, -0.25) is 9.11 Å². The molecule has 1 aromatic carbocycles. The van der Waals surface area contributed by atoms with Crippen molar-refractivity contribution in [2.24, 2.45) is 5.73 Å². The molecule has 144 valence electrons. The van der Waals surface area contributed by atoms with Gasteiger partial charge in [-0.05, 0) is 24.8 Å². The van der Waals surface area contributed by atoms with E-state index in [0.29, 0.717) is 36.3 Å². The minimum Gasteiger partial charge on any atom is -0.488 e. The third-order valence-electron chi connectivity index (χ3n) is 3.62. The van der Waals surface area contributed by atoms with Crippen LogP contribution in [0.25, 0.3) is 0 Å². The summed E-state index contributed by atoms with van der Waals surface area (Å²) < 4.78 is 66.6. The van der Waals surface area contributed by atoms with Crippen LogP contribution in [-0.4, -0.2) is 40.2 Å². The third-order valence-corrected chi connectivity index (χ3v) is 3.93. The number of hydrogen-bond donors (Lipinski definition) is 4. The maximum atomic E-state index is 13.7. The maximum absolute atomic E-state index is 13.7. The van der Waals surface area contributed by atoms with Crippen LogP contribution in [0, 0.1) is 16.4 Å². The van der Waals surface area contributed by atoms with Gasteiger partial charge in [-0.15, -0.1) is 0 Å². The highest BCUT2D eigenvalue weighted by Gasteiger charge is 2.26. The van der Waals surface area contributed by atoms with E-state index in [2.05, 4.69) is 4.98 Å². The number of halogens is 2. The van der Waals surface area contributed by atoms with E-state index in [9.17, 15) is 8.78 Å². The molecule has 0 bridgehead atoms. The van der Waals surface area contributed by atoms with Gasteiger partial charge in [0.1, 0.15) is 12.4 Å². The number of nitrogens with one attached hydrogen (secondary N) is 1. The monoisotopic (exact) mass is 409 g/mol. The first-order valence-electron chi connectivity index (χ1n) is 7.39. The molecule has 2 aromatic rings. The molecular formula is C14H17F2N3O5S2. The minimum absolute atomic E-state index is 0.0981. The maximum Gasteiger partial charge on any atom is 0.394 e. The van der Waals surface area contributed by atoms with E-state index >= 15 is 0 Å². The number of nitrogens with zero attached hydrogens (tertiary/aromatic N) is 1. The summed E-state index contributed by atoms with van der Waals surface area (Å²) >= 11 is 5.28. The Bertz CT molecular complexity index is 935. The average molecular weight is 409 g/mol. The molecule has 0 fully saturated rings. The lowest BCUT2D eigenvalue weighted by atomic mass is 10.0. The van der Waals surface area contributed by atoms with Crippen LogP contribution in [0.2, 0.25) is 0 Å². The number of nitrogens with two attached hydrogens (primary N) is 1. The van der Waals surface area contributed by atoms with Crippen molar-refractivity contribution < 1.29 is 31.0 Å². The topological polar surface area (TPSA) is 131 Å². The molecule has 5 N–H and O–H groups in total. The number of imidazole rings is 1. The van der Waals surface area contributed by atoms with Crippen molar-refractivity contribution in [1.82, 2.24) is 9.55 Å². The van der Waals surface area contributed by atoms with E-state index < -0.39 is 22.0 Å². The Morgan fingerprint density at radius 3 is 2.65 bits per heavy atom. The number of rotatable bonds is 3. The standard InChI is InChI=1S/C14H15F2N3OS.H2O4S/c15-9-3-8-4-11(7-20-13(8)12(16)5-9)19-10(1-2-17)6-18-14(19)21;1-5(2,3)4/h3,5-6,11H,1-2,4,7,17H2,(H,18,21);(H2,1,2,3,4). The Morgan fingerprint density at radius 2 is 2.04 bits per heavy atom. The number of H-pyrrole nitrogens is 1. The summed E-state index contributed by atoms with van der Waals surface area (Å²) in [4.78, 5) is 2.98. The second kappa shape index (κ2) is 8.22. The van der Waals surface area contributed by atoms with Crippen LogP contribution in [0.1, 0.15) is 17.3 Å². The summed E-state index contributed by atoms with van der Waals surface area (Å²) in [5.74, 6) is -1.13. The fourth-order valence-corrected chi connectivity index (χ4v) is 3.07. The molecule has 0 aliphatic carbocycles. The van der Waals surface area contributed by atoms with Gasteiger partial charge in [0.05, 0.1) is 6.04 Å². The van der Waals surface area contributed by atoms with E-state index in [-0.39, 0.29) is 11.8 Å². The van der Waals surface area contributed by atoms with Gasteiger partial charge >= 0.3 is 10.4 Å². The molecule has 0 spiro atoms. The highest BCUT2D eigenvalue weighted by atomic mass is 32.3.